The van der Waals surface area contributed by atoms with Gasteiger partial charge in [-0.25, -0.2) is 9.78 Å². The second-order valence-corrected chi connectivity index (χ2v) is 6.85. The van der Waals surface area contributed by atoms with Gasteiger partial charge in [-0.3, -0.25) is 4.79 Å². The van der Waals surface area contributed by atoms with Crippen LogP contribution in [0.4, 0.5) is 0 Å². The maximum absolute atomic E-state index is 12.3. The van der Waals surface area contributed by atoms with Crippen molar-refractivity contribution >= 4 is 27.5 Å². The quantitative estimate of drug-likeness (QED) is 0.728. The Hall–Kier alpha value is -2.98. The van der Waals surface area contributed by atoms with Crippen LogP contribution in [0.5, 0.6) is 0 Å². The number of fused-ring (bicyclic) bond motifs is 1. The third-order valence-corrected chi connectivity index (χ3v) is 5.08. The molecule has 3 rings (SSSR count). The van der Waals surface area contributed by atoms with Crippen molar-refractivity contribution in [3.63, 3.8) is 0 Å². The van der Waals surface area contributed by atoms with E-state index in [0.717, 1.165) is 10.4 Å². The number of aromatic nitrogens is 2. The Labute approximate surface area is 147 Å². The van der Waals surface area contributed by atoms with Gasteiger partial charge in [0.05, 0.1) is 22.6 Å². The van der Waals surface area contributed by atoms with Crippen molar-refractivity contribution in [2.75, 3.05) is 0 Å². The first-order chi connectivity index (χ1) is 11.9. The van der Waals surface area contributed by atoms with E-state index in [1.54, 1.807) is 19.1 Å². The molecule has 0 fully saturated rings. The Balaban J connectivity index is 1.86. The normalized spacial score (nSPS) is 11.9. The molecular formula is C18H15N3O3S. The highest BCUT2D eigenvalue weighted by Crippen LogP contribution is 2.27. The minimum atomic E-state index is -0.706. The van der Waals surface area contributed by atoms with Gasteiger partial charge in [-0.05, 0) is 50.6 Å². The molecule has 0 amide bonds. The number of H-pyrrole nitrogens is 1. The molecule has 0 bridgehead atoms. The zero-order valence-electron chi connectivity index (χ0n) is 13.9. The van der Waals surface area contributed by atoms with E-state index in [9.17, 15) is 9.59 Å². The monoisotopic (exact) mass is 353 g/mol. The molecule has 0 spiro atoms. The number of ether oxygens (including phenoxy) is 1. The predicted octanol–water partition coefficient (Wildman–Crippen LogP) is 3.39. The van der Waals surface area contributed by atoms with Crippen LogP contribution in [-0.4, -0.2) is 15.9 Å². The maximum atomic E-state index is 12.3. The van der Waals surface area contributed by atoms with Crippen molar-refractivity contribution in [3.8, 4) is 6.07 Å². The van der Waals surface area contributed by atoms with Gasteiger partial charge in [-0.15, -0.1) is 11.3 Å². The lowest BCUT2D eigenvalue weighted by atomic mass is 10.1. The first-order valence-corrected chi connectivity index (χ1v) is 8.43. The molecule has 1 atom stereocenters. The summed E-state index contributed by atoms with van der Waals surface area (Å²) in [6, 6.07) is 8.13. The van der Waals surface area contributed by atoms with Crippen LogP contribution in [0.2, 0.25) is 0 Å². The van der Waals surface area contributed by atoms with Gasteiger partial charge in [0.25, 0.3) is 5.56 Å². The summed E-state index contributed by atoms with van der Waals surface area (Å²) in [6.07, 6.45) is -0.706. The van der Waals surface area contributed by atoms with Crippen molar-refractivity contribution in [1.29, 1.82) is 5.26 Å². The predicted molar refractivity (Wildman–Crippen MR) is 94.7 cm³/mol. The molecule has 1 aromatic carbocycles. The Bertz CT molecular complexity index is 1060. The van der Waals surface area contributed by atoms with Gasteiger partial charge in [-0.2, -0.15) is 5.26 Å². The average molecular weight is 353 g/mol. The lowest BCUT2D eigenvalue weighted by molar-refractivity contribution is 0.0320. The van der Waals surface area contributed by atoms with Gasteiger partial charge in [0.2, 0.25) is 0 Å². The van der Waals surface area contributed by atoms with E-state index in [0.29, 0.717) is 27.2 Å². The Morgan fingerprint density at radius 1 is 1.32 bits per heavy atom. The number of aryl methyl sites for hydroxylation is 2. The topological polar surface area (TPSA) is 95.8 Å². The third kappa shape index (κ3) is 3.16. The largest absolute Gasteiger partial charge is 0.451 e. The lowest BCUT2D eigenvalue weighted by Crippen LogP contribution is -2.17. The molecule has 7 heteroatoms. The van der Waals surface area contributed by atoms with E-state index in [-0.39, 0.29) is 5.56 Å². The van der Waals surface area contributed by atoms with Crippen LogP contribution in [0.25, 0.3) is 10.2 Å². The van der Waals surface area contributed by atoms with Crippen molar-refractivity contribution in [3.05, 3.63) is 62.0 Å². The lowest BCUT2D eigenvalue weighted by Gasteiger charge is -2.12. The molecule has 0 aliphatic carbocycles. The van der Waals surface area contributed by atoms with Crippen LogP contribution in [-0.2, 0) is 4.74 Å². The molecule has 0 saturated heterocycles. The zero-order valence-corrected chi connectivity index (χ0v) is 14.7. The van der Waals surface area contributed by atoms with E-state index in [1.165, 1.54) is 23.5 Å². The molecule has 6 nitrogen and oxygen atoms in total. The van der Waals surface area contributed by atoms with Gasteiger partial charge >= 0.3 is 5.97 Å². The first kappa shape index (κ1) is 16.9. The highest BCUT2D eigenvalue weighted by atomic mass is 32.1. The molecule has 3 aromatic rings. The molecular weight excluding hydrogens is 338 g/mol. The van der Waals surface area contributed by atoms with Crippen molar-refractivity contribution < 1.29 is 9.53 Å². The third-order valence-electron chi connectivity index (χ3n) is 3.98. The molecule has 1 N–H and O–H groups in total. The van der Waals surface area contributed by atoms with E-state index in [4.69, 9.17) is 10.00 Å². The van der Waals surface area contributed by atoms with Crippen molar-refractivity contribution in [2.45, 2.75) is 26.9 Å². The van der Waals surface area contributed by atoms with Crippen LogP contribution >= 0.6 is 11.3 Å². The van der Waals surface area contributed by atoms with Gasteiger partial charge in [0, 0.05) is 4.88 Å². The fraction of sp³-hybridized carbons (Fsp3) is 0.222. The number of nitriles is 1. The smallest absolute Gasteiger partial charge is 0.338 e. The number of nitrogens with one attached hydrogen (secondary N) is 1. The van der Waals surface area contributed by atoms with Crippen molar-refractivity contribution in [2.24, 2.45) is 0 Å². The Kier molecular flexibility index (Phi) is 4.38. The minimum absolute atomic E-state index is 0.233. The summed E-state index contributed by atoms with van der Waals surface area (Å²) in [5.74, 6) is -0.237. The van der Waals surface area contributed by atoms with Crippen molar-refractivity contribution in [1.82, 2.24) is 9.97 Å². The zero-order chi connectivity index (χ0) is 18.1. The summed E-state index contributed by atoms with van der Waals surface area (Å²) in [5, 5.41) is 9.37. The second kappa shape index (κ2) is 6.49. The van der Waals surface area contributed by atoms with E-state index in [1.807, 2.05) is 19.9 Å². The number of carbonyl (C=O) groups excluding carboxylic acids is 1. The standard InChI is InChI=1S/C18H15N3O3S/c1-9-11(3)25-17-14(9)16(22)20-15(21-17)10(2)24-18(23)13-6-4-12(8-19)5-7-13/h4-7,10H,1-3H3,(H,20,21,22)/t10-/m1/s1. The van der Waals surface area contributed by atoms with Crippen LogP contribution in [0.3, 0.4) is 0 Å². The molecule has 0 unspecified atom stereocenters. The van der Waals surface area contributed by atoms with Gasteiger partial charge in [0.1, 0.15) is 4.83 Å². The van der Waals surface area contributed by atoms with Crippen LogP contribution < -0.4 is 5.56 Å². The fourth-order valence-corrected chi connectivity index (χ4v) is 3.47. The number of thiophene rings is 1. The highest BCUT2D eigenvalue weighted by molar-refractivity contribution is 7.18. The number of benzene rings is 1. The summed E-state index contributed by atoms with van der Waals surface area (Å²) in [7, 11) is 0. The number of hydrogen-bond donors (Lipinski definition) is 1. The Morgan fingerprint density at radius 2 is 2.00 bits per heavy atom. The minimum Gasteiger partial charge on any atom is -0.451 e. The SMILES string of the molecule is Cc1sc2nc([C@@H](C)OC(=O)c3ccc(C#N)cc3)[nH]c(=O)c2c1C. The van der Waals surface area contributed by atoms with E-state index < -0.39 is 12.1 Å². The van der Waals surface area contributed by atoms with Crippen LogP contribution in [0, 0.1) is 25.2 Å². The first-order valence-electron chi connectivity index (χ1n) is 7.61. The number of carbonyl (C=O) groups is 1. The summed E-state index contributed by atoms with van der Waals surface area (Å²) in [4.78, 5) is 33.3. The van der Waals surface area contributed by atoms with Crippen LogP contribution in [0.15, 0.2) is 29.1 Å². The molecule has 126 valence electrons. The van der Waals surface area contributed by atoms with E-state index in [2.05, 4.69) is 9.97 Å². The maximum Gasteiger partial charge on any atom is 0.338 e. The van der Waals surface area contributed by atoms with Gasteiger partial charge < -0.3 is 9.72 Å². The molecule has 0 radical (unpaired) electrons. The molecule has 0 saturated carbocycles. The number of rotatable bonds is 3. The Morgan fingerprint density at radius 3 is 2.64 bits per heavy atom. The summed E-state index contributed by atoms with van der Waals surface area (Å²) >= 11 is 1.44. The van der Waals surface area contributed by atoms with Crippen LogP contribution in [0.1, 0.15) is 45.2 Å². The molecule has 0 aliphatic heterocycles. The van der Waals surface area contributed by atoms with Gasteiger partial charge in [0.15, 0.2) is 11.9 Å². The number of nitrogens with zero attached hydrogens (tertiary/aromatic N) is 2. The fourth-order valence-electron chi connectivity index (χ4n) is 2.43. The number of esters is 1. The molecule has 2 aromatic heterocycles. The number of aromatic amines is 1. The highest BCUT2D eigenvalue weighted by Gasteiger charge is 2.19. The molecule has 0 aliphatic rings. The summed E-state index contributed by atoms with van der Waals surface area (Å²) in [5.41, 5.74) is 1.48. The van der Waals surface area contributed by atoms with E-state index >= 15 is 0 Å². The second-order valence-electron chi connectivity index (χ2n) is 5.65. The van der Waals surface area contributed by atoms with Gasteiger partial charge in [-0.1, -0.05) is 0 Å². The summed E-state index contributed by atoms with van der Waals surface area (Å²) < 4.78 is 5.39. The number of hydrogen-bond acceptors (Lipinski definition) is 6. The molecule has 2 heterocycles. The molecule has 25 heavy (non-hydrogen) atoms. The average Bonchev–Trinajstić information content (AvgIpc) is 2.89. The summed E-state index contributed by atoms with van der Waals surface area (Å²) in [6.45, 7) is 5.48.